The van der Waals surface area contributed by atoms with Crippen LogP contribution in [0.1, 0.15) is 0 Å². The quantitative estimate of drug-likeness (QED) is 0.466. The van der Waals surface area contributed by atoms with Gasteiger partial charge in [0.25, 0.3) is 0 Å². The van der Waals surface area contributed by atoms with Crippen molar-refractivity contribution in [3.63, 3.8) is 0 Å². The largest absolute Gasteiger partial charge is 0.307 e. The molecule has 0 radical (unpaired) electrons. The van der Waals surface area contributed by atoms with Crippen LogP contribution in [0, 0.1) is 3.57 Å². The molecule has 0 fully saturated rings. The molecule has 0 aromatic carbocycles. The van der Waals surface area contributed by atoms with Crippen molar-refractivity contribution in [2.45, 2.75) is 0 Å². The number of hydrogen-bond donors (Lipinski definition) is 2. The molecule has 2 heterocycles. The Kier molecular flexibility index (Phi) is 3.17. The summed E-state index contributed by atoms with van der Waals surface area (Å²) in [7, 11) is 0. The summed E-state index contributed by atoms with van der Waals surface area (Å²) < 4.78 is 3.35. The zero-order valence-corrected chi connectivity index (χ0v) is 11.1. The lowest BCUT2D eigenvalue weighted by atomic mass is 10.5. The van der Waals surface area contributed by atoms with E-state index >= 15 is 0 Å². The molecule has 0 aliphatic rings. The van der Waals surface area contributed by atoms with Crippen LogP contribution in [0.25, 0.3) is 5.82 Å². The van der Waals surface area contributed by atoms with Gasteiger partial charge in [-0.15, -0.1) is 0 Å². The Morgan fingerprint density at radius 2 is 2.27 bits per heavy atom. The molecule has 0 amide bonds. The minimum absolute atomic E-state index is 0.519. The lowest BCUT2D eigenvalue weighted by molar-refractivity contribution is 0.833. The van der Waals surface area contributed by atoms with Gasteiger partial charge in [0.1, 0.15) is 10.8 Å². The van der Waals surface area contributed by atoms with Crippen LogP contribution in [0.3, 0.4) is 0 Å². The molecule has 0 atom stereocenters. The number of nitrogens with two attached hydrogens (primary N) is 1. The molecular weight excluding hydrogens is 375 g/mol. The maximum atomic E-state index is 5.30. The third kappa shape index (κ3) is 2.11. The lowest BCUT2D eigenvalue weighted by Crippen LogP contribution is -2.11. The second-order valence-corrected chi connectivity index (χ2v) is 4.65. The van der Waals surface area contributed by atoms with E-state index in [9.17, 15) is 0 Å². The van der Waals surface area contributed by atoms with Crippen molar-refractivity contribution in [1.82, 2.24) is 19.7 Å². The van der Waals surface area contributed by atoms with Gasteiger partial charge in [-0.1, -0.05) is 0 Å². The summed E-state index contributed by atoms with van der Waals surface area (Å²) in [6.45, 7) is 0. The summed E-state index contributed by atoms with van der Waals surface area (Å²) in [4.78, 5) is 8.07. The highest BCUT2D eigenvalue weighted by Crippen LogP contribution is 2.24. The monoisotopic (exact) mass is 380 g/mol. The van der Waals surface area contributed by atoms with Crippen LogP contribution in [-0.2, 0) is 0 Å². The normalized spacial score (nSPS) is 10.3. The van der Waals surface area contributed by atoms with Gasteiger partial charge in [0.05, 0.1) is 9.77 Å². The van der Waals surface area contributed by atoms with Crippen LogP contribution >= 0.6 is 38.5 Å². The second-order valence-electron chi connectivity index (χ2n) is 2.61. The Balaban J connectivity index is 2.53. The smallest absolute Gasteiger partial charge is 0.173 e. The van der Waals surface area contributed by atoms with Gasteiger partial charge in [-0.2, -0.15) is 5.10 Å². The highest BCUT2D eigenvalue weighted by molar-refractivity contribution is 14.1. The van der Waals surface area contributed by atoms with E-state index in [1.165, 1.54) is 6.33 Å². The first-order valence-corrected chi connectivity index (χ1v) is 5.77. The van der Waals surface area contributed by atoms with E-state index in [2.05, 4.69) is 59.0 Å². The molecule has 78 valence electrons. The topological polar surface area (TPSA) is 81.6 Å². The Labute approximate surface area is 108 Å². The van der Waals surface area contributed by atoms with E-state index in [0.29, 0.717) is 16.1 Å². The van der Waals surface area contributed by atoms with Gasteiger partial charge < -0.3 is 5.43 Å². The van der Waals surface area contributed by atoms with Gasteiger partial charge in [0.15, 0.2) is 11.6 Å². The molecule has 0 unspecified atom stereocenters. The Bertz CT molecular complexity index is 484. The first-order valence-electron chi connectivity index (χ1n) is 3.90. The predicted molar refractivity (Wildman–Crippen MR) is 67.4 cm³/mol. The van der Waals surface area contributed by atoms with Crippen molar-refractivity contribution in [2.24, 2.45) is 5.84 Å². The van der Waals surface area contributed by atoms with Gasteiger partial charge in [0.2, 0.25) is 0 Å². The molecule has 0 saturated carbocycles. The molecule has 0 spiro atoms. The number of hydrazine groups is 1. The highest BCUT2D eigenvalue weighted by atomic mass is 127. The van der Waals surface area contributed by atoms with E-state index in [1.54, 1.807) is 10.9 Å². The van der Waals surface area contributed by atoms with Crippen LogP contribution in [0.4, 0.5) is 5.82 Å². The van der Waals surface area contributed by atoms with Gasteiger partial charge >= 0.3 is 0 Å². The van der Waals surface area contributed by atoms with E-state index in [1.807, 2.05) is 6.20 Å². The fraction of sp³-hybridized carbons (Fsp3) is 0. The van der Waals surface area contributed by atoms with Gasteiger partial charge in [0, 0.05) is 6.20 Å². The summed E-state index contributed by atoms with van der Waals surface area (Å²) in [6, 6.07) is 0. The number of nitrogens with zero attached hydrogens (tertiary/aromatic N) is 4. The zero-order valence-electron chi connectivity index (χ0n) is 7.35. The molecule has 0 bridgehead atoms. The highest BCUT2D eigenvalue weighted by Gasteiger charge is 2.10. The number of nitrogen functional groups attached to an aromatic ring is 1. The van der Waals surface area contributed by atoms with Gasteiger partial charge in [-0.25, -0.2) is 20.5 Å². The summed E-state index contributed by atoms with van der Waals surface area (Å²) in [5.41, 5.74) is 2.47. The molecule has 8 heteroatoms. The number of hydrogen-bond acceptors (Lipinski definition) is 5. The fourth-order valence-corrected chi connectivity index (χ4v) is 1.93. The number of aromatic nitrogens is 4. The standard InChI is InChI=1S/C7H6BrIN6/c8-5-6(14-10)11-3-12-7(5)15-2-4(9)1-13-15/h1-3H,10H2,(H,11,12,14). The maximum Gasteiger partial charge on any atom is 0.173 e. The maximum absolute atomic E-state index is 5.30. The van der Waals surface area contributed by atoms with E-state index in [4.69, 9.17) is 5.84 Å². The first kappa shape index (κ1) is 10.8. The second kappa shape index (κ2) is 4.41. The number of rotatable bonds is 2. The van der Waals surface area contributed by atoms with Crippen molar-refractivity contribution >= 4 is 44.3 Å². The Morgan fingerprint density at radius 3 is 2.87 bits per heavy atom. The summed E-state index contributed by atoms with van der Waals surface area (Å²) in [6.07, 6.45) is 5.02. The minimum Gasteiger partial charge on any atom is -0.307 e. The molecule has 0 aliphatic carbocycles. The van der Waals surface area contributed by atoms with Crippen LogP contribution < -0.4 is 11.3 Å². The number of anilines is 1. The van der Waals surface area contributed by atoms with Crippen molar-refractivity contribution in [2.75, 3.05) is 5.43 Å². The van der Waals surface area contributed by atoms with Crippen LogP contribution in [0.15, 0.2) is 23.2 Å². The van der Waals surface area contributed by atoms with Crippen LogP contribution in [0.2, 0.25) is 0 Å². The zero-order chi connectivity index (χ0) is 10.8. The van der Waals surface area contributed by atoms with Crippen molar-refractivity contribution in [1.29, 1.82) is 0 Å². The number of halogens is 2. The molecule has 0 saturated heterocycles. The van der Waals surface area contributed by atoms with Crippen LogP contribution in [0.5, 0.6) is 0 Å². The summed E-state index contributed by atoms with van der Waals surface area (Å²) in [5, 5.41) is 4.14. The van der Waals surface area contributed by atoms with Crippen molar-refractivity contribution in [3.05, 3.63) is 26.8 Å². The average molecular weight is 381 g/mol. The summed E-state index contributed by atoms with van der Waals surface area (Å²) in [5.74, 6) is 6.46. The predicted octanol–water partition coefficient (Wildman–Crippen LogP) is 1.31. The van der Waals surface area contributed by atoms with Gasteiger partial charge in [-0.3, -0.25) is 0 Å². The molecule has 2 aromatic heterocycles. The van der Waals surface area contributed by atoms with Gasteiger partial charge in [-0.05, 0) is 38.5 Å². The van der Waals surface area contributed by atoms with Crippen molar-refractivity contribution in [3.8, 4) is 5.82 Å². The molecule has 15 heavy (non-hydrogen) atoms. The lowest BCUT2D eigenvalue weighted by Gasteiger charge is -2.06. The van der Waals surface area contributed by atoms with Crippen LogP contribution in [-0.4, -0.2) is 19.7 Å². The average Bonchev–Trinajstić information content (AvgIpc) is 2.65. The van der Waals surface area contributed by atoms with E-state index < -0.39 is 0 Å². The van der Waals surface area contributed by atoms with E-state index in [0.717, 1.165) is 3.57 Å². The summed E-state index contributed by atoms with van der Waals surface area (Å²) >= 11 is 5.53. The van der Waals surface area contributed by atoms with Crippen molar-refractivity contribution < 1.29 is 0 Å². The number of nitrogens with one attached hydrogen (secondary N) is 1. The molecule has 3 N–H and O–H groups in total. The Hall–Kier alpha value is -0.740. The fourth-order valence-electron chi connectivity index (χ4n) is 1.04. The first-order chi connectivity index (χ1) is 7.22. The molecule has 6 nitrogen and oxygen atoms in total. The molecule has 2 aromatic rings. The third-order valence-corrected chi connectivity index (χ3v) is 2.96. The third-order valence-electron chi connectivity index (χ3n) is 1.68. The minimum atomic E-state index is 0.519. The molecular formula is C7H6BrIN6. The molecule has 2 rings (SSSR count). The Morgan fingerprint density at radius 1 is 1.47 bits per heavy atom. The SMILES string of the molecule is NNc1ncnc(-n2cc(I)cn2)c1Br. The van der Waals surface area contributed by atoms with E-state index in [-0.39, 0.29) is 0 Å². The molecule has 0 aliphatic heterocycles.